The van der Waals surface area contributed by atoms with E-state index in [1.807, 2.05) is 6.20 Å². The van der Waals surface area contributed by atoms with Gasteiger partial charge in [-0.05, 0) is 51.3 Å². The third kappa shape index (κ3) is 3.39. The third-order valence-corrected chi connectivity index (χ3v) is 4.99. The normalized spacial score (nSPS) is 23.7. The Hall–Kier alpha value is -1.09. The van der Waals surface area contributed by atoms with Gasteiger partial charge in [-0.1, -0.05) is 25.8 Å². The molecule has 0 aliphatic carbocycles. The summed E-state index contributed by atoms with van der Waals surface area (Å²) < 4.78 is 0. The van der Waals surface area contributed by atoms with Crippen molar-refractivity contribution in [2.75, 3.05) is 31.1 Å². The van der Waals surface area contributed by atoms with Gasteiger partial charge in [-0.15, -0.1) is 0 Å². The van der Waals surface area contributed by atoms with Crippen molar-refractivity contribution in [1.82, 2.24) is 9.88 Å². The summed E-state index contributed by atoms with van der Waals surface area (Å²) in [7, 11) is 0. The molecule has 1 unspecified atom stereocenters. The number of hydrogen-bond donors (Lipinski definition) is 0. The second-order valence-corrected chi connectivity index (χ2v) is 6.51. The van der Waals surface area contributed by atoms with Gasteiger partial charge in [-0.3, -0.25) is 4.90 Å². The number of likely N-dealkylation sites (tertiary alicyclic amines) is 1. The van der Waals surface area contributed by atoms with Gasteiger partial charge in [0.2, 0.25) is 0 Å². The fraction of sp³-hybridized carbons (Fsp3) is 0.722. The van der Waals surface area contributed by atoms with Crippen LogP contribution in [0.5, 0.6) is 0 Å². The number of piperidine rings is 1. The smallest absolute Gasteiger partial charge is 0.133 e. The van der Waals surface area contributed by atoms with E-state index in [4.69, 9.17) is 4.98 Å². The van der Waals surface area contributed by atoms with Gasteiger partial charge >= 0.3 is 0 Å². The minimum atomic E-state index is 0.592. The fourth-order valence-corrected chi connectivity index (χ4v) is 3.83. The molecule has 3 heterocycles. The minimum Gasteiger partial charge on any atom is -0.356 e. The predicted molar refractivity (Wildman–Crippen MR) is 88.8 cm³/mol. The van der Waals surface area contributed by atoms with Crippen molar-refractivity contribution < 1.29 is 0 Å². The van der Waals surface area contributed by atoms with E-state index in [-0.39, 0.29) is 0 Å². The Morgan fingerprint density at radius 2 is 1.95 bits per heavy atom. The van der Waals surface area contributed by atoms with Crippen LogP contribution in [-0.2, 0) is 0 Å². The maximum atomic E-state index is 4.75. The molecule has 1 aromatic heterocycles. The quantitative estimate of drug-likeness (QED) is 0.815. The zero-order chi connectivity index (χ0) is 14.5. The van der Waals surface area contributed by atoms with Crippen molar-refractivity contribution in [3.8, 4) is 0 Å². The molecule has 0 aromatic carbocycles. The highest BCUT2D eigenvalue weighted by atomic mass is 15.2. The summed E-state index contributed by atoms with van der Waals surface area (Å²) in [5.74, 6) is 1.27. The van der Waals surface area contributed by atoms with E-state index in [9.17, 15) is 0 Å². The van der Waals surface area contributed by atoms with E-state index in [0.717, 1.165) is 0 Å². The summed E-state index contributed by atoms with van der Waals surface area (Å²) in [6.45, 7) is 7.17. The van der Waals surface area contributed by atoms with E-state index in [0.29, 0.717) is 6.04 Å². The molecule has 1 atom stereocenters. The Morgan fingerprint density at radius 3 is 2.76 bits per heavy atom. The van der Waals surface area contributed by atoms with Crippen LogP contribution in [0.15, 0.2) is 18.3 Å². The van der Waals surface area contributed by atoms with Crippen LogP contribution in [0.4, 0.5) is 5.82 Å². The van der Waals surface area contributed by atoms with Gasteiger partial charge in [0.05, 0.1) is 0 Å². The zero-order valence-electron chi connectivity index (χ0n) is 13.4. The Labute approximate surface area is 129 Å². The SMILES string of the molecule is CCCCN1CCCCC1c1cccnc1N1CCCC1. The molecule has 0 N–H and O–H groups in total. The topological polar surface area (TPSA) is 19.4 Å². The largest absolute Gasteiger partial charge is 0.356 e. The van der Waals surface area contributed by atoms with E-state index >= 15 is 0 Å². The Kier molecular flexibility index (Phi) is 5.13. The van der Waals surface area contributed by atoms with Crippen LogP contribution in [0.1, 0.15) is 63.5 Å². The monoisotopic (exact) mass is 287 g/mol. The molecule has 0 amide bonds. The number of pyridine rings is 1. The van der Waals surface area contributed by atoms with Crippen molar-refractivity contribution in [1.29, 1.82) is 0 Å². The highest BCUT2D eigenvalue weighted by molar-refractivity contribution is 5.49. The lowest BCUT2D eigenvalue weighted by Gasteiger charge is -2.37. The van der Waals surface area contributed by atoms with Crippen LogP contribution < -0.4 is 4.90 Å². The summed E-state index contributed by atoms with van der Waals surface area (Å²) in [4.78, 5) is 9.96. The van der Waals surface area contributed by atoms with Gasteiger partial charge in [-0.2, -0.15) is 0 Å². The molecule has 2 aliphatic heterocycles. The third-order valence-electron chi connectivity index (χ3n) is 4.99. The van der Waals surface area contributed by atoms with Gasteiger partial charge in [0, 0.05) is 30.9 Å². The first-order chi connectivity index (χ1) is 10.4. The lowest BCUT2D eigenvalue weighted by Crippen LogP contribution is -2.35. The van der Waals surface area contributed by atoms with Crippen LogP contribution in [0.3, 0.4) is 0 Å². The highest BCUT2D eigenvalue weighted by Crippen LogP contribution is 2.36. The molecule has 3 nitrogen and oxygen atoms in total. The number of rotatable bonds is 5. The van der Waals surface area contributed by atoms with Gasteiger partial charge in [0.15, 0.2) is 0 Å². The summed E-state index contributed by atoms with van der Waals surface area (Å²) >= 11 is 0. The van der Waals surface area contributed by atoms with Crippen molar-refractivity contribution in [2.45, 2.75) is 57.9 Å². The predicted octanol–water partition coefficient (Wildman–Crippen LogP) is 4.01. The van der Waals surface area contributed by atoms with Crippen molar-refractivity contribution in [2.24, 2.45) is 0 Å². The van der Waals surface area contributed by atoms with Gasteiger partial charge < -0.3 is 4.90 Å². The molecule has 3 rings (SSSR count). The van der Waals surface area contributed by atoms with Crippen LogP contribution in [0.2, 0.25) is 0 Å². The van der Waals surface area contributed by atoms with Crippen molar-refractivity contribution in [3.05, 3.63) is 23.9 Å². The minimum absolute atomic E-state index is 0.592. The summed E-state index contributed by atoms with van der Waals surface area (Å²) in [6, 6.07) is 5.05. The Bertz CT molecular complexity index is 440. The molecule has 2 aliphatic rings. The second-order valence-electron chi connectivity index (χ2n) is 6.51. The Morgan fingerprint density at radius 1 is 1.14 bits per heavy atom. The lowest BCUT2D eigenvalue weighted by atomic mass is 9.95. The highest BCUT2D eigenvalue weighted by Gasteiger charge is 2.28. The van der Waals surface area contributed by atoms with Gasteiger partial charge in [0.25, 0.3) is 0 Å². The van der Waals surface area contributed by atoms with Crippen LogP contribution in [0, 0.1) is 0 Å². The summed E-state index contributed by atoms with van der Waals surface area (Å²) in [5.41, 5.74) is 1.48. The van der Waals surface area contributed by atoms with E-state index in [1.165, 1.54) is 82.5 Å². The molecule has 2 saturated heterocycles. The van der Waals surface area contributed by atoms with Crippen LogP contribution in [0.25, 0.3) is 0 Å². The molecule has 21 heavy (non-hydrogen) atoms. The number of nitrogens with zero attached hydrogens (tertiary/aromatic N) is 3. The second kappa shape index (κ2) is 7.26. The Balaban J connectivity index is 1.83. The molecule has 0 saturated carbocycles. The average Bonchev–Trinajstić information content (AvgIpc) is 3.07. The molecule has 1 aromatic rings. The first-order valence-corrected chi connectivity index (χ1v) is 8.84. The summed E-state index contributed by atoms with van der Waals surface area (Å²) in [6.07, 6.45) is 11.2. The number of anilines is 1. The van der Waals surface area contributed by atoms with Crippen molar-refractivity contribution in [3.63, 3.8) is 0 Å². The molecule has 0 bridgehead atoms. The first kappa shape index (κ1) is 14.8. The van der Waals surface area contributed by atoms with Gasteiger partial charge in [-0.25, -0.2) is 4.98 Å². The van der Waals surface area contributed by atoms with E-state index < -0.39 is 0 Å². The van der Waals surface area contributed by atoms with Crippen molar-refractivity contribution >= 4 is 5.82 Å². The van der Waals surface area contributed by atoms with Crippen LogP contribution >= 0.6 is 0 Å². The molecule has 3 heteroatoms. The number of unbranched alkanes of at least 4 members (excludes halogenated alkanes) is 1. The fourth-order valence-electron chi connectivity index (χ4n) is 3.83. The number of aromatic nitrogens is 1. The molecule has 0 radical (unpaired) electrons. The summed E-state index contributed by atoms with van der Waals surface area (Å²) in [5, 5.41) is 0. The van der Waals surface area contributed by atoms with Gasteiger partial charge in [0.1, 0.15) is 5.82 Å². The van der Waals surface area contributed by atoms with E-state index in [2.05, 4.69) is 28.9 Å². The lowest BCUT2D eigenvalue weighted by molar-refractivity contribution is 0.146. The molecule has 116 valence electrons. The van der Waals surface area contributed by atoms with Crippen LogP contribution in [-0.4, -0.2) is 36.1 Å². The maximum Gasteiger partial charge on any atom is 0.133 e. The van der Waals surface area contributed by atoms with E-state index in [1.54, 1.807) is 0 Å². The average molecular weight is 287 g/mol. The molecule has 0 spiro atoms. The molecular weight excluding hydrogens is 258 g/mol. The first-order valence-electron chi connectivity index (χ1n) is 8.84. The molecular formula is C18H29N3. The number of hydrogen-bond acceptors (Lipinski definition) is 3. The molecule has 2 fully saturated rings. The standard InChI is InChI=1S/C18H29N3/c1-2-3-12-20-13-5-4-10-17(20)16-9-8-11-19-18(16)21-14-6-7-15-21/h8-9,11,17H,2-7,10,12-15H2,1H3. The zero-order valence-corrected chi connectivity index (χ0v) is 13.4. The maximum absolute atomic E-state index is 4.75.